The van der Waals surface area contributed by atoms with Gasteiger partial charge in [0.05, 0.1) is 10.3 Å². The first-order valence-electron chi connectivity index (χ1n) is 4.12. The maximum atomic E-state index is 11.2. The lowest BCUT2D eigenvalue weighted by atomic mass is 10.4. The maximum absolute atomic E-state index is 11.2. The van der Waals surface area contributed by atoms with Crippen LogP contribution < -0.4 is 5.32 Å². The summed E-state index contributed by atoms with van der Waals surface area (Å²) in [7, 11) is 0. The van der Waals surface area contributed by atoms with Gasteiger partial charge in [-0.05, 0) is 34.1 Å². The zero-order chi connectivity index (χ0) is 11.3. The largest absolute Gasteiger partial charge is 0.348 e. The molecule has 15 heavy (non-hydrogen) atoms. The minimum Gasteiger partial charge on any atom is -0.348 e. The second-order valence-electron chi connectivity index (χ2n) is 2.71. The Morgan fingerprint density at radius 3 is 2.93 bits per heavy atom. The first-order valence-corrected chi connectivity index (χ1v) is 6.11. The normalized spacial score (nSPS) is 10.5. The smallest absolute Gasteiger partial charge is 0.244 e. The monoisotopic (exact) mass is 305 g/mol. The Balaban J connectivity index is 2.44. The van der Waals surface area contributed by atoms with Crippen LogP contribution in [0.4, 0.5) is 0 Å². The molecule has 0 radical (unpaired) electrons. The summed E-state index contributed by atoms with van der Waals surface area (Å²) in [5.41, 5.74) is 0. The zero-order valence-corrected chi connectivity index (χ0v) is 11.0. The lowest BCUT2D eigenvalue weighted by Crippen LogP contribution is -2.21. The van der Waals surface area contributed by atoms with E-state index in [4.69, 9.17) is 11.6 Å². The quantitative estimate of drug-likeness (QED) is 0.849. The number of hydrogen-bond donors (Lipinski definition) is 1. The fourth-order valence-electron chi connectivity index (χ4n) is 0.818. The van der Waals surface area contributed by atoms with Crippen LogP contribution >= 0.6 is 38.9 Å². The lowest BCUT2D eigenvalue weighted by Gasteiger charge is -1.97. The third kappa shape index (κ3) is 5.16. The van der Waals surface area contributed by atoms with Crippen LogP contribution in [0.2, 0.25) is 0 Å². The van der Waals surface area contributed by atoms with Crippen molar-refractivity contribution in [3.8, 4) is 0 Å². The van der Waals surface area contributed by atoms with E-state index in [9.17, 15) is 4.79 Å². The van der Waals surface area contributed by atoms with Gasteiger partial charge in [0, 0.05) is 16.0 Å². The van der Waals surface area contributed by atoms with E-state index in [0.29, 0.717) is 11.6 Å². The van der Waals surface area contributed by atoms with Crippen molar-refractivity contribution in [1.29, 1.82) is 0 Å². The standard InChI is InChI=1S/C10H9BrClNOS/c1-7(12)6-13-10(14)5-3-8-2-4-9(11)15-8/h2-5H,1,6H2,(H,13,14)/b5-3+. The highest BCUT2D eigenvalue weighted by Gasteiger charge is 1.96. The van der Waals surface area contributed by atoms with Gasteiger partial charge in [-0.25, -0.2) is 0 Å². The van der Waals surface area contributed by atoms with E-state index < -0.39 is 0 Å². The molecular formula is C10H9BrClNOS. The van der Waals surface area contributed by atoms with Gasteiger partial charge in [0.15, 0.2) is 0 Å². The van der Waals surface area contributed by atoms with Crippen LogP contribution in [-0.2, 0) is 4.79 Å². The van der Waals surface area contributed by atoms with E-state index in [-0.39, 0.29) is 5.91 Å². The van der Waals surface area contributed by atoms with E-state index in [0.717, 1.165) is 8.66 Å². The van der Waals surface area contributed by atoms with Crippen LogP contribution in [-0.4, -0.2) is 12.5 Å². The second-order valence-corrected chi connectivity index (χ2v) is 5.74. The van der Waals surface area contributed by atoms with E-state index in [1.165, 1.54) is 6.08 Å². The molecule has 1 aromatic rings. The van der Waals surface area contributed by atoms with Gasteiger partial charge in [0.25, 0.3) is 0 Å². The van der Waals surface area contributed by atoms with Gasteiger partial charge < -0.3 is 5.32 Å². The minimum absolute atomic E-state index is 0.179. The Bertz CT molecular complexity index is 400. The van der Waals surface area contributed by atoms with Gasteiger partial charge in [-0.3, -0.25) is 4.79 Å². The van der Waals surface area contributed by atoms with E-state index in [1.807, 2.05) is 12.1 Å². The topological polar surface area (TPSA) is 29.1 Å². The van der Waals surface area contributed by atoms with Gasteiger partial charge in [0.2, 0.25) is 5.91 Å². The Labute approximate surface area is 106 Å². The molecule has 0 aliphatic heterocycles. The van der Waals surface area contributed by atoms with Crippen LogP contribution in [0, 0.1) is 0 Å². The highest BCUT2D eigenvalue weighted by molar-refractivity contribution is 9.11. The number of rotatable bonds is 4. The van der Waals surface area contributed by atoms with Crippen molar-refractivity contribution in [2.75, 3.05) is 6.54 Å². The predicted molar refractivity (Wildman–Crippen MR) is 69.1 cm³/mol. The maximum Gasteiger partial charge on any atom is 0.244 e. The van der Waals surface area contributed by atoms with Gasteiger partial charge in [0.1, 0.15) is 0 Å². The molecule has 1 heterocycles. The summed E-state index contributed by atoms with van der Waals surface area (Å²) in [4.78, 5) is 12.2. The molecular weight excluding hydrogens is 298 g/mol. The summed E-state index contributed by atoms with van der Waals surface area (Å²) < 4.78 is 1.04. The fourth-order valence-corrected chi connectivity index (χ4v) is 2.21. The average molecular weight is 307 g/mol. The number of amides is 1. The van der Waals surface area contributed by atoms with Gasteiger partial charge >= 0.3 is 0 Å². The molecule has 1 aromatic heterocycles. The molecule has 1 rings (SSSR count). The van der Waals surface area contributed by atoms with Crippen molar-refractivity contribution in [1.82, 2.24) is 5.32 Å². The molecule has 0 aliphatic carbocycles. The van der Waals surface area contributed by atoms with Crippen LogP contribution in [0.3, 0.4) is 0 Å². The molecule has 0 atom stereocenters. The SMILES string of the molecule is C=C(Cl)CNC(=O)/C=C/c1ccc(Br)s1. The molecule has 2 nitrogen and oxygen atoms in total. The van der Waals surface area contributed by atoms with E-state index in [2.05, 4.69) is 27.8 Å². The fraction of sp³-hybridized carbons (Fsp3) is 0.100. The van der Waals surface area contributed by atoms with E-state index >= 15 is 0 Å². The van der Waals surface area contributed by atoms with E-state index in [1.54, 1.807) is 17.4 Å². The van der Waals surface area contributed by atoms with Crippen molar-refractivity contribution in [2.24, 2.45) is 0 Å². The van der Waals surface area contributed by atoms with Crippen LogP contribution in [0.25, 0.3) is 6.08 Å². The molecule has 0 bridgehead atoms. The molecule has 1 N–H and O–H groups in total. The first kappa shape index (κ1) is 12.5. The van der Waals surface area contributed by atoms with Crippen molar-refractivity contribution in [3.05, 3.63) is 38.5 Å². The summed E-state index contributed by atoms with van der Waals surface area (Å²) in [5, 5.41) is 3.01. The zero-order valence-electron chi connectivity index (χ0n) is 7.80. The summed E-state index contributed by atoms with van der Waals surface area (Å²) in [6.45, 7) is 3.76. The van der Waals surface area contributed by atoms with Crippen molar-refractivity contribution in [2.45, 2.75) is 0 Å². The lowest BCUT2D eigenvalue weighted by molar-refractivity contribution is -0.116. The second kappa shape index (κ2) is 6.10. The Kier molecular flexibility index (Phi) is 5.08. The van der Waals surface area contributed by atoms with Crippen LogP contribution in [0.15, 0.2) is 33.6 Å². The summed E-state index contributed by atoms with van der Waals surface area (Å²) in [5.74, 6) is -0.179. The summed E-state index contributed by atoms with van der Waals surface area (Å²) >= 11 is 10.4. The Morgan fingerprint density at radius 2 is 2.40 bits per heavy atom. The summed E-state index contributed by atoms with van der Waals surface area (Å²) in [6.07, 6.45) is 3.22. The van der Waals surface area contributed by atoms with Gasteiger partial charge in [-0.1, -0.05) is 18.2 Å². The summed E-state index contributed by atoms with van der Waals surface area (Å²) in [6, 6.07) is 3.86. The van der Waals surface area contributed by atoms with Crippen LogP contribution in [0.5, 0.6) is 0 Å². The molecule has 0 fully saturated rings. The van der Waals surface area contributed by atoms with Gasteiger partial charge in [-0.15, -0.1) is 11.3 Å². The Morgan fingerprint density at radius 1 is 1.67 bits per heavy atom. The number of carbonyl (C=O) groups excluding carboxylic acids is 1. The number of thiophene rings is 1. The number of nitrogens with one attached hydrogen (secondary N) is 1. The van der Waals surface area contributed by atoms with Crippen LogP contribution in [0.1, 0.15) is 4.88 Å². The molecule has 0 aromatic carbocycles. The number of carbonyl (C=O) groups is 1. The molecule has 0 saturated heterocycles. The number of hydrogen-bond acceptors (Lipinski definition) is 2. The third-order valence-corrected chi connectivity index (χ3v) is 3.17. The molecule has 5 heteroatoms. The molecule has 0 aliphatic rings. The molecule has 0 unspecified atom stereocenters. The van der Waals surface area contributed by atoms with Crippen molar-refractivity contribution >= 4 is 50.9 Å². The number of halogens is 2. The van der Waals surface area contributed by atoms with Crippen molar-refractivity contribution < 1.29 is 4.79 Å². The highest BCUT2D eigenvalue weighted by atomic mass is 79.9. The predicted octanol–water partition coefficient (Wildman–Crippen LogP) is 3.39. The van der Waals surface area contributed by atoms with Gasteiger partial charge in [-0.2, -0.15) is 0 Å². The third-order valence-electron chi connectivity index (χ3n) is 1.45. The molecule has 80 valence electrons. The van der Waals surface area contributed by atoms with Crippen molar-refractivity contribution in [3.63, 3.8) is 0 Å². The minimum atomic E-state index is -0.179. The molecule has 0 saturated carbocycles. The Hall–Kier alpha value is -0.580. The average Bonchev–Trinajstić information content (AvgIpc) is 2.58. The first-order chi connectivity index (χ1) is 7.08. The molecule has 0 spiro atoms. The highest BCUT2D eigenvalue weighted by Crippen LogP contribution is 2.22. The molecule has 1 amide bonds.